The zero-order valence-electron chi connectivity index (χ0n) is 23.9. The number of hydrogen-bond donors (Lipinski definition) is 3. The lowest BCUT2D eigenvalue weighted by molar-refractivity contribution is -0.142. The van der Waals surface area contributed by atoms with E-state index in [-0.39, 0.29) is 30.2 Å². The minimum atomic E-state index is -0.836. The second-order valence-corrected chi connectivity index (χ2v) is 13.9. The SMILES string of the molecule is CCOc1ccc(NC(=O)[C@@H]2[C@H]3C(=O)N([C@@H](CO)[C@@H](C)CC)C(C(=O)Nc4ccc(Cl)cc4)C34CC[C@@]2(C)S4)cc1. The third-order valence-corrected chi connectivity index (χ3v) is 11.4. The summed E-state index contributed by atoms with van der Waals surface area (Å²) < 4.78 is 4.22. The molecule has 1 spiro atoms. The van der Waals surface area contributed by atoms with Gasteiger partial charge in [-0.2, -0.15) is 0 Å². The largest absolute Gasteiger partial charge is 0.494 e. The molecule has 2 aromatic carbocycles. The van der Waals surface area contributed by atoms with E-state index in [1.807, 2.05) is 27.7 Å². The van der Waals surface area contributed by atoms with Gasteiger partial charge in [0.15, 0.2) is 0 Å². The number of rotatable bonds is 10. The van der Waals surface area contributed by atoms with Crippen LogP contribution >= 0.6 is 23.4 Å². The first kappa shape index (κ1) is 29.7. The van der Waals surface area contributed by atoms with E-state index in [9.17, 15) is 19.5 Å². The van der Waals surface area contributed by atoms with Crippen molar-refractivity contribution < 1.29 is 24.2 Å². The monoisotopic (exact) mass is 599 g/mol. The fourth-order valence-corrected chi connectivity index (χ4v) is 9.47. The number of likely N-dealkylation sites (tertiary alicyclic amines) is 1. The number of aliphatic hydroxyl groups is 1. The molecule has 0 radical (unpaired) electrons. The number of thioether (sulfide) groups is 1. The van der Waals surface area contributed by atoms with Crippen LogP contribution in [0.4, 0.5) is 11.4 Å². The Balaban J connectivity index is 1.51. The average molecular weight is 600 g/mol. The van der Waals surface area contributed by atoms with Crippen molar-refractivity contribution in [2.45, 2.75) is 68.5 Å². The van der Waals surface area contributed by atoms with Crippen LogP contribution in [0.15, 0.2) is 48.5 Å². The van der Waals surface area contributed by atoms with Gasteiger partial charge >= 0.3 is 0 Å². The van der Waals surface area contributed by atoms with Crippen LogP contribution in [0.3, 0.4) is 0 Å². The highest BCUT2D eigenvalue weighted by atomic mass is 35.5. The normalized spacial score (nSPS) is 29.7. The molecule has 3 saturated heterocycles. The smallest absolute Gasteiger partial charge is 0.248 e. The van der Waals surface area contributed by atoms with E-state index in [1.165, 1.54) is 0 Å². The van der Waals surface area contributed by atoms with Crippen LogP contribution in [-0.2, 0) is 14.4 Å². The topological polar surface area (TPSA) is 108 Å². The third-order valence-electron chi connectivity index (χ3n) is 9.14. The molecule has 2 aromatic rings. The quantitative estimate of drug-likeness (QED) is 0.346. The van der Waals surface area contributed by atoms with Crippen molar-refractivity contribution in [3.05, 3.63) is 53.6 Å². The van der Waals surface area contributed by atoms with Gasteiger partial charge in [-0.05, 0) is 81.1 Å². The van der Waals surface area contributed by atoms with Gasteiger partial charge in [0.05, 0.1) is 35.8 Å². The number of nitrogens with zero attached hydrogens (tertiary/aromatic N) is 1. The van der Waals surface area contributed by atoms with Crippen LogP contribution in [0, 0.1) is 17.8 Å². The van der Waals surface area contributed by atoms with E-state index in [0.717, 1.165) is 6.42 Å². The number of carbonyl (C=O) groups is 3. The van der Waals surface area contributed by atoms with Crippen molar-refractivity contribution in [3.8, 4) is 5.75 Å². The van der Waals surface area contributed by atoms with Gasteiger partial charge in [-0.25, -0.2) is 0 Å². The maximum atomic E-state index is 14.4. The number of ether oxygens (including phenoxy) is 1. The number of hydrogen-bond acceptors (Lipinski definition) is 6. The predicted octanol–water partition coefficient (Wildman–Crippen LogP) is 5.20. The van der Waals surface area contributed by atoms with Crippen LogP contribution in [0.2, 0.25) is 5.02 Å². The van der Waals surface area contributed by atoms with E-state index in [0.29, 0.717) is 41.6 Å². The highest BCUT2D eigenvalue weighted by Crippen LogP contribution is 2.71. The Morgan fingerprint density at radius 3 is 2.27 bits per heavy atom. The molecule has 0 aromatic heterocycles. The Bertz CT molecular complexity index is 1310. The van der Waals surface area contributed by atoms with Crippen LogP contribution in [0.25, 0.3) is 0 Å². The molecule has 2 bridgehead atoms. The van der Waals surface area contributed by atoms with Crippen LogP contribution in [0.1, 0.15) is 47.0 Å². The zero-order chi connectivity index (χ0) is 29.5. The minimum absolute atomic E-state index is 0.0427. The molecule has 3 amide bonds. The number of carbonyl (C=O) groups excluding carboxylic acids is 3. The van der Waals surface area contributed by atoms with E-state index in [2.05, 4.69) is 10.6 Å². The van der Waals surface area contributed by atoms with Crippen molar-refractivity contribution in [2.75, 3.05) is 23.8 Å². The summed E-state index contributed by atoms with van der Waals surface area (Å²) in [4.78, 5) is 44.1. The molecule has 5 rings (SSSR count). The first-order chi connectivity index (χ1) is 19.6. The summed E-state index contributed by atoms with van der Waals surface area (Å²) in [6, 6.07) is 12.6. The molecular formula is C31H38ClN3O5S. The average Bonchev–Trinajstić information content (AvgIpc) is 3.52. The number of amides is 3. The van der Waals surface area contributed by atoms with Crippen molar-refractivity contribution >= 4 is 52.5 Å². The number of halogens is 1. The van der Waals surface area contributed by atoms with Gasteiger partial charge in [0, 0.05) is 21.1 Å². The molecule has 8 nitrogen and oxygen atoms in total. The molecule has 3 N–H and O–H groups in total. The molecule has 2 unspecified atom stereocenters. The molecule has 3 heterocycles. The number of aliphatic hydroxyl groups excluding tert-OH is 1. The van der Waals surface area contributed by atoms with E-state index in [1.54, 1.807) is 65.2 Å². The van der Waals surface area contributed by atoms with Gasteiger partial charge in [0.1, 0.15) is 11.8 Å². The molecule has 220 valence electrons. The number of fused-ring (bicyclic) bond motifs is 1. The molecule has 7 atom stereocenters. The molecule has 10 heteroatoms. The van der Waals surface area contributed by atoms with Crippen molar-refractivity contribution in [1.82, 2.24) is 4.90 Å². The first-order valence-corrected chi connectivity index (χ1v) is 15.5. The highest BCUT2D eigenvalue weighted by Gasteiger charge is 2.77. The zero-order valence-corrected chi connectivity index (χ0v) is 25.4. The van der Waals surface area contributed by atoms with Crippen LogP contribution < -0.4 is 15.4 Å². The maximum Gasteiger partial charge on any atom is 0.248 e. The van der Waals surface area contributed by atoms with Gasteiger partial charge in [-0.3, -0.25) is 14.4 Å². The van der Waals surface area contributed by atoms with Gasteiger partial charge in [0.2, 0.25) is 17.7 Å². The summed E-state index contributed by atoms with van der Waals surface area (Å²) in [6.45, 7) is 8.22. The Kier molecular flexibility index (Phi) is 8.34. The van der Waals surface area contributed by atoms with Crippen LogP contribution in [-0.4, -0.2) is 62.5 Å². The second kappa shape index (κ2) is 11.5. The van der Waals surface area contributed by atoms with Gasteiger partial charge in [-0.1, -0.05) is 31.9 Å². The summed E-state index contributed by atoms with van der Waals surface area (Å²) in [5.41, 5.74) is 1.19. The molecule has 0 aliphatic carbocycles. The molecule has 41 heavy (non-hydrogen) atoms. The van der Waals surface area contributed by atoms with E-state index < -0.39 is 33.4 Å². The fraction of sp³-hybridized carbons (Fsp3) is 0.516. The number of nitrogens with one attached hydrogen (secondary N) is 2. The molecule has 3 aliphatic heterocycles. The Labute approximate surface area is 250 Å². The molecule has 0 saturated carbocycles. The predicted molar refractivity (Wildman–Crippen MR) is 162 cm³/mol. The van der Waals surface area contributed by atoms with E-state index >= 15 is 0 Å². The Morgan fingerprint density at radius 2 is 1.68 bits per heavy atom. The van der Waals surface area contributed by atoms with Crippen LogP contribution in [0.5, 0.6) is 5.75 Å². The number of benzene rings is 2. The summed E-state index contributed by atoms with van der Waals surface area (Å²) in [5.74, 6) is -1.42. The minimum Gasteiger partial charge on any atom is -0.494 e. The molecule has 3 aliphatic rings. The van der Waals surface area contributed by atoms with Crippen molar-refractivity contribution in [3.63, 3.8) is 0 Å². The highest BCUT2D eigenvalue weighted by molar-refractivity contribution is 8.02. The lowest BCUT2D eigenvalue weighted by atomic mass is 9.66. The summed E-state index contributed by atoms with van der Waals surface area (Å²) in [5, 5.41) is 17.1. The van der Waals surface area contributed by atoms with Crippen molar-refractivity contribution in [2.24, 2.45) is 17.8 Å². The maximum absolute atomic E-state index is 14.4. The van der Waals surface area contributed by atoms with Gasteiger partial charge in [0.25, 0.3) is 0 Å². The fourth-order valence-electron chi connectivity index (χ4n) is 7.00. The van der Waals surface area contributed by atoms with Gasteiger partial charge < -0.3 is 25.4 Å². The Hall–Kier alpha value is -2.75. The summed E-state index contributed by atoms with van der Waals surface area (Å²) in [6.07, 6.45) is 2.06. The summed E-state index contributed by atoms with van der Waals surface area (Å²) >= 11 is 7.66. The van der Waals surface area contributed by atoms with Crippen molar-refractivity contribution in [1.29, 1.82) is 0 Å². The molecular weight excluding hydrogens is 562 g/mol. The third kappa shape index (κ3) is 5.10. The van der Waals surface area contributed by atoms with Gasteiger partial charge in [-0.15, -0.1) is 11.8 Å². The first-order valence-electron chi connectivity index (χ1n) is 14.3. The molecule has 3 fully saturated rings. The number of anilines is 2. The Morgan fingerprint density at radius 1 is 1.07 bits per heavy atom. The standard InChI is InChI=1S/C31H38ClN3O5S/c1-5-18(3)23(17-36)35-26(28(38)34-20-9-7-19(32)8-10-20)31-16-15-30(4,41-31)24(25(31)29(35)39)27(37)33-21-11-13-22(14-12-21)40-6-2/h7-14,18,23-26,36H,5-6,15-17H2,1-4H3,(H,33,37)(H,34,38)/t18-,23-,24-,25-,26?,30+,31?/m0/s1. The summed E-state index contributed by atoms with van der Waals surface area (Å²) in [7, 11) is 0. The second-order valence-electron chi connectivity index (χ2n) is 11.6. The van der Waals surface area contributed by atoms with E-state index in [4.69, 9.17) is 16.3 Å². The lowest BCUT2D eigenvalue weighted by Gasteiger charge is -2.39. The lowest BCUT2D eigenvalue weighted by Crippen LogP contribution is -2.56.